The van der Waals surface area contributed by atoms with Gasteiger partial charge in [-0.15, -0.1) is 0 Å². The van der Waals surface area contributed by atoms with E-state index in [-0.39, 0.29) is 16.8 Å². The van der Waals surface area contributed by atoms with Gasteiger partial charge in [-0.25, -0.2) is 15.9 Å². The van der Waals surface area contributed by atoms with Gasteiger partial charge in [0.15, 0.2) is 0 Å². The molecule has 3 rings (SSSR count). The van der Waals surface area contributed by atoms with E-state index in [2.05, 4.69) is 28.6 Å². The molecule has 1 N–H and O–H groups in total. The highest BCUT2D eigenvalue weighted by Crippen LogP contribution is 2.46. The van der Waals surface area contributed by atoms with Crippen molar-refractivity contribution in [3.05, 3.63) is 52.4 Å². The van der Waals surface area contributed by atoms with Crippen molar-refractivity contribution < 1.29 is 9.84 Å². The van der Waals surface area contributed by atoms with Crippen LogP contribution < -0.4 is 0 Å². The second kappa shape index (κ2) is 7.84. The standard InChI is InChI=1S/C19H25NO2S/c1-22-11-13-23-12-3-4-17(23)14-15-7-9-16(10-8-15)18-5-2-6-19(21)20-18/h2-6,9,12,15,23H,7-8,10-11,13-14H2,1H3,(H,20,21). The third kappa shape index (κ3) is 4.27. The van der Waals surface area contributed by atoms with Crippen LogP contribution in [0.3, 0.4) is 0 Å². The molecule has 0 amide bonds. The molecule has 2 unspecified atom stereocenters. The van der Waals surface area contributed by atoms with Gasteiger partial charge in [-0.1, -0.05) is 24.3 Å². The number of thiol groups is 1. The molecule has 0 saturated carbocycles. The van der Waals surface area contributed by atoms with Crippen molar-refractivity contribution in [2.45, 2.75) is 25.7 Å². The van der Waals surface area contributed by atoms with Gasteiger partial charge in [0.1, 0.15) is 0 Å². The van der Waals surface area contributed by atoms with Crippen LogP contribution in [0.1, 0.15) is 31.4 Å². The first kappa shape index (κ1) is 16.3. The van der Waals surface area contributed by atoms with E-state index in [9.17, 15) is 5.11 Å². The molecule has 0 radical (unpaired) electrons. The molecule has 1 aliphatic heterocycles. The zero-order chi connectivity index (χ0) is 16.1. The topological polar surface area (TPSA) is 42.4 Å². The predicted octanol–water partition coefficient (Wildman–Crippen LogP) is 4.42. The number of nitrogens with zero attached hydrogens (tertiary/aromatic N) is 1. The number of hydrogen-bond donors (Lipinski definition) is 2. The number of pyridine rings is 1. The van der Waals surface area contributed by atoms with Crippen LogP contribution in [-0.2, 0) is 4.74 Å². The van der Waals surface area contributed by atoms with Crippen molar-refractivity contribution in [3.63, 3.8) is 0 Å². The molecule has 1 aromatic heterocycles. The smallest absolute Gasteiger partial charge is 0.211 e. The number of hydrogen-bond acceptors (Lipinski definition) is 3. The summed E-state index contributed by atoms with van der Waals surface area (Å²) in [7, 11) is 1.67. The molecule has 2 atom stereocenters. The van der Waals surface area contributed by atoms with E-state index in [1.807, 2.05) is 12.1 Å². The zero-order valence-corrected chi connectivity index (χ0v) is 14.5. The first-order valence-electron chi connectivity index (χ1n) is 8.24. The van der Waals surface area contributed by atoms with Crippen molar-refractivity contribution in [3.8, 4) is 5.88 Å². The Morgan fingerprint density at radius 2 is 2.30 bits per heavy atom. The fourth-order valence-corrected chi connectivity index (χ4v) is 5.32. The Bertz CT molecular complexity index is 636. The van der Waals surface area contributed by atoms with E-state index in [0.29, 0.717) is 0 Å². The van der Waals surface area contributed by atoms with Gasteiger partial charge >= 0.3 is 0 Å². The second-order valence-electron chi connectivity index (χ2n) is 6.14. The SMILES string of the molecule is COCC[SH]1C=CC=C1CC1CC=C(c2cccc(O)n2)CC1. The average molecular weight is 331 g/mol. The summed E-state index contributed by atoms with van der Waals surface area (Å²) in [5.74, 6) is 1.99. The molecule has 0 fully saturated rings. The maximum absolute atomic E-state index is 9.52. The van der Waals surface area contributed by atoms with E-state index in [4.69, 9.17) is 4.74 Å². The number of methoxy groups -OCH3 is 1. The number of aromatic nitrogens is 1. The molecule has 0 aromatic carbocycles. The number of aromatic hydroxyl groups is 1. The Morgan fingerprint density at radius 3 is 3.04 bits per heavy atom. The number of allylic oxidation sites excluding steroid dienone is 5. The molecule has 2 heterocycles. The summed E-state index contributed by atoms with van der Waals surface area (Å²) in [5.41, 5.74) is 2.20. The molecule has 4 heteroatoms. The minimum atomic E-state index is -0.109. The molecule has 2 aliphatic rings. The largest absolute Gasteiger partial charge is 0.493 e. The van der Waals surface area contributed by atoms with Gasteiger partial charge in [0.05, 0.1) is 12.3 Å². The van der Waals surface area contributed by atoms with Crippen molar-refractivity contribution >= 4 is 16.5 Å². The normalized spacial score (nSPS) is 25.3. The summed E-state index contributed by atoms with van der Waals surface area (Å²) in [6, 6.07) is 5.47. The lowest BCUT2D eigenvalue weighted by molar-refractivity contribution is 0.218. The third-order valence-corrected chi connectivity index (χ3v) is 6.81. The van der Waals surface area contributed by atoms with Crippen molar-refractivity contribution in [1.29, 1.82) is 0 Å². The van der Waals surface area contributed by atoms with E-state index in [0.717, 1.165) is 36.8 Å². The molecular weight excluding hydrogens is 306 g/mol. The Kier molecular flexibility index (Phi) is 5.57. The summed E-state index contributed by atoms with van der Waals surface area (Å²) < 4.78 is 5.23. The Hall–Kier alpha value is -1.52. The van der Waals surface area contributed by atoms with Crippen LogP contribution in [-0.4, -0.2) is 29.6 Å². The van der Waals surface area contributed by atoms with E-state index >= 15 is 0 Å². The van der Waals surface area contributed by atoms with Crippen molar-refractivity contribution in [1.82, 2.24) is 4.98 Å². The summed E-state index contributed by atoms with van der Waals surface area (Å²) in [5, 5.41) is 11.9. The van der Waals surface area contributed by atoms with Crippen LogP contribution in [0.4, 0.5) is 0 Å². The molecule has 1 aliphatic carbocycles. The van der Waals surface area contributed by atoms with Crippen LogP contribution in [0.15, 0.2) is 46.7 Å². The van der Waals surface area contributed by atoms with Gasteiger partial charge < -0.3 is 9.84 Å². The van der Waals surface area contributed by atoms with Crippen LogP contribution in [0.25, 0.3) is 5.57 Å². The fraction of sp³-hybridized carbons (Fsp3) is 0.421. The highest BCUT2D eigenvalue weighted by molar-refractivity contribution is 8.23. The maximum atomic E-state index is 9.52. The molecule has 0 bridgehead atoms. The monoisotopic (exact) mass is 331 g/mol. The quantitative estimate of drug-likeness (QED) is 0.758. The Morgan fingerprint density at radius 1 is 1.39 bits per heavy atom. The average Bonchev–Trinajstić information content (AvgIpc) is 3.01. The molecule has 1 aromatic rings. The zero-order valence-electron chi connectivity index (χ0n) is 13.6. The summed E-state index contributed by atoms with van der Waals surface area (Å²) in [6.45, 7) is 0.852. The fourth-order valence-electron chi connectivity index (χ4n) is 3.25. The molecule has 23 heavy (non-hydrogen) atoms. The Balaban J connectivity index is 1.57. The first-order chi connectivity index (χ1) is 11.3. The minimum Gasteiger partial charge on any atom is -0.493 e. The lowest BCUT2D eigenvalue weighted by Gasteiger charge is -2.25. The van der Waals surface area contributed by atoms with Crippen LogP contribution in [0, 0.1) is 5.92 Å². The Labute approximate surface area is 141 Å². The van der Waals surface area contributed by atoms with Gasteiger partial charge in [0.25, 0.3) is 0 Å². The van der Waals surface area contributed by atoms with E-state index < -0.39 is 0 Å². The molecule has 0 spiro atoms. The van der Waals surface area contributed by atoms with Crippen LogP contribution in [0.2, 0.25) is 0 Å². The van der Waals surface area contributed by atoms with Crippen LogP contribution >= 0.6 is 10.9 Å². The van der Waals surface area contributed by atoms with Crippen molar-refractivity contribution in [2.75, 3.05) is 19.5 Å². The van der Waals surface area contributed by atoms with Gasteiger partial charge in [-0.3, -0.25) is 0 Å². The van der Waals surface area contributed by atoms with Gasteiger partial charge in [0.2, 0.25) is 5.88 Å². The van der Waals surface area contributed by atoms with Crippen LogP contribution in [0.5, 0.6) is 5.88 Å². The maximum Gasteiger partial charge on any atom is 0.211 e. The van der Waals surface area contributed by atoms with Gasteiger partial charge in [-0.05, 0) is 53.6 Å². The number of ether oxygens (including phenoxy) is 1. The second-order valence-corrected chi connectivity index (χ2v) is 8.40. The predicted molar refractivity (Wildman–Crippen MR) is 98.8 cm³/mol. The first-order valence-corrected chi connectivity index (χ1v) is 9.84. The molecule has 124 valence electrons. The molecule has 0 saturated heterocycles. The lowest BCUT2D eigenvalue weighted by atomic mass is 9.86. The summed E-state index contributed by atoms with van der Waals surface area (Å²) >= 11 is 0. The highest BCUT2D eigenvalue weighted by Gasteiger charge is 2.20. The summed E-state index contributed by atoms with van der Waals surface area (Å²) in [6.07, 6.45) is 11.4. The summed E-state index contributed by atoms with van der Waals surface area (Å²) in [4.78, 5) is 5.85. The van der Waals surface area contributed by atoms with E-state index in [1.54, 1.807) is 18.1 Å². The van der Waals surface area contributed by atoms with Crippen molar-refractivity contribution in [2.24, 2.45) is 5.92 Å². The third-order valence-electron chi connectivity index (χ3n) is 4.54. The highest BCUT2D eigenvalue weighted by atomic mass is 32.2. The lowest BCUT2D eigenvalue weighted by Crippen LogP contribution is -2.08. The van der Waals surface area contributed by atoms with E-state index in [1.165, 1.54) is 18.4 Å². The van der Waals surface area contributed by atoms with Gasteiger partial charge in [-0.2, -0.15) is 0 Å². The minimum absolute atomic E-state index is 0.108. The molecule has 3 nitrogen and oxygen atoms in total. The number of rotatable bonds is 6. The van der Waals surface area contributed by atoms with Gasteiger partial charge in [0, 0.05) is 18.9 Å². The molecular formula is C19H25NO2S.